The van der Waals surface area contributed by atoms with E-state index in [1.54, 1.807) is 132 Å². The number of hydrazine groups is 1. The van der Waals surface area contributed by atoms with E-state index in [1.807, 2.05) is 52.0 Å². The highest BCUT2D eigenvalue weighted by atomic mass is 16.3. The number of phenolic OH excluding ortho intramolecular Hbond substituents is 6. The van der Waals surface area contributed by atoms with Crippen molar-refractivity contribution in [1.82, 2.24) is 4.57 Å². The normalized spacial score (nSPS) is 14.2. The lowest BCUT2D eigenvalue weighted by molar-refractivity contribution is -0.114. The molecule has 462 valence electrons. The second kappa shape index (κ2) is 25.5. The minimum absolute atomic E-state index is 0. The molecule has 3 aliphatic rings. The number of rotatable bonds is 8. The van der Waals surface area contributed by atoms with Crippen LogP contribution in [0.2, 0.25) is 0 Å². The first-order chi connectivity index (χ1) is 42.4. The molecule has 3 aliphatic heterocycles. The number of carbonyl (C=O) groups excluding carboxylic acids is 4. The first-order valence-electron chi connectivity index (χ1n) is 27.8. The maximum atomic E-state index is 13.1. The third-order valence-electron chi connectivity index (χ3n) is 15.9. The van der Waals surface area contributed by atoms with Crippen molar-refractivity contribution in [2.45, 2.75) is 53.4 Å². The Kier molecular flexibility index (Phi) is 18.4. The second-order valence-corrected chi connectivity index (χ2v) is 21.8. The quantitative estimate of drug-likeness (QED) is 0.0169. The molecule has 0 bridgehead atoms. The summed E-state index contributed by atoms with van der Waals surface area (Å²) in [5.74, 6) is 3.00. The second-order valence-electron chi connectivity index (χ2n) is 21.8. The van der Waals surface area contributed by atoms with Crippen LogP contribution in [0.25, 0.3) is 43.6 Å². The number of nitrogens with zero attached hydrogens (tertiary/aromatic N) is 9. The van der Waals surface area contributed by atoms with Gasteiger partial charge in [-0.3, -0.25) is 30.9 Å². The maximum absolute atomic E-state index is 13.1. The first kappa shape index (κ1) is 64.7. The summed E-state index contributed by atoms with van der Waals surface area (Å²) in [5, 5.41) is 102. The molecule has 0 aliphatic carbocycles. The van der Waals surface area contributed by atoms with Crippen molar-refractivity contribution in [3.05, 3.63) is 159 Å². The van der Waals surface area contributed by atoms with Gasteiger partial charge in [0.2, 0.25) is 5.88 Å². The Morgan fingerprint density at radius 1 is 0.489 bits per heavy atom. The third-order valence-corrected chi connectivity index (χ3v) is 15.9. The standard InChI is InChI=1S/C48H44N6O8.C9H9N3O.C9H7NO2.H4N2.H2O/c1-21(2)33-27-17-23(5)35(43(57)37(27)29(41(55)45(33)59)19-49-51-39-25-13-9-11-15-31(25)53(7)47(39)61)36-24(6)18-28-34(22(3)4)46(60)42(56)30(38(28)44(36)58)20-50-52-40-26-14-10-12-16-32(26)54(8)48(40)62;1-12-7-5-3-2-4-6(7)8(11-10)9(12)13;1-10-7-5-3-2-4-6(7)8(11)9(10)12;1-2;/h9-22,55-60H,1-8H3;2-5,10,13H,1H3;2-5H,1H3;1-2H2;1H2/b49-19+,50-20+,51-39-,52-40+;;;;. The van der Waals surface area contributed by atoms with E-state index in [0.29, 0.717) is 72.5 Å². The number of ketones is 1. The van der Waals surface area contributed by atoms with Crippen LogP contribution in [0, 0.1) is 19.4 Å². The Hall–Kier alpha value is -11.3. The fourth-order valence-electron chi connectivity index (χ4n) is 11.6. The molecular weight excluding hydrogens is 1150 g/mol. The molecule has 4 heterocycles. The van der Waals surface area contributed by atoms with Crippen LogP contribution in [0.5, 0.6) is 40.4 Å². The molecule has 3 amide bonds. The first-order valence-corrected chi connectivity index (χ1v) is 27.8. The number of aromatic nitrogens is 1. The molecule has 24 heteroatoms. The van der Waals surface area contributed by atoms with E-state index >= 15 is 0 Å². The zero-order valence-electron chi connectivity index (χ0n) is 50.6. The Bertz CT molecular complexity index is 4400. The van der Waals surface area contributed by atoms with Crippen molar-refractivity contribution in [3.63, 3.8) is 0 Å². The number of phenols is 6. The highest BCUT2D eigenvalue weighted by molar-refractivity contribution is 6.55. The average molecular weight is 1220 g/mol. The Labute approximate surface area is 515 Å². The van der Waals surface area contributed by atoms with Crippen LogP contribution in [0.15, 0.2) is 135 Å². The van der Waals surface area contributed by atoms with E-state index in [1.165, 1.54) is 14.7 Å². The number of nitrogens with one attached hydrogen (secondary N) is 1. The summed E-state index contributed by atoms with van der Waals surface area (Å²) < 4.78 is 1.61. The number of nitrogens with two attached hydrogens (primary N) is 2. The zero-order valence-corrected chi connectivity index (χ0v) is 50.6. The van der Waals surface area contributed by atoms with Crippen molar-refractivity contribution in [2.75, 3.05) is 35.8 Å². The molecule has 12 rings (SSSR count). The van der Waals surface area contributed by atoms with Crippen molar-refractivity contribution < 1.29 is 60.4 Å². The predicted molar refractivity (Wildman–Crippen MR) is 348 cm³/mol. The summed E-state index contributed by atoms with van der Waals surface area (Å²) in [6.45, 7) is 10.8. The lowest BCUT2D eigenvalue weighted by atomic mass is 9.83. The van der Waals surface area contributed by atoms with E-state index in [2.05, 4.69) is 37.2 Å². The van der Waals surface area contributed by atoms with E-state index < -0.39 is 34.7 Å². The molecule has 14 N–H and O–H groups in total. The van der Waals surface area contributed by atoms with E-state index in [9.17, 15) is 54.9 Å². The van der Waals surface area contributed by atoms with E-state index in [4.69, 9.17) is 5.53 Å². The summed E-state index contributed by atoms with van der Waals surface area (Å²) in [6.07, 6.45) is 2.32. The number of carbonyl (C=O) groups is 4. The van der Waals surface area contributed by atoms with Gasteiger partial charge in [-0.25, -0.2) is 5.53 Å². The molecule has 0 saturated carbocycles. The van der Waals surface area contributed by atoms with Crippen LogP contribution in [0.4, 0.5) is 22.7 Å². The molecule has 9 aromatic rings. The molecule has 0 spiro atoms. The highest BCUT2D eigenvalue weighted by Gasteiger charge is 2.35. The number of anilines is 3. The summed E-state index contributed by atoms with van der Waals surface area (Å²) in [5.41, 5.74) is 13.7. The smallest absolute Gasteiger partial charge is 0.299 e. The SMILES string of the molecule is CN1C(=O)C(=O)c2ccccc21.Cc1cc2c(C(C)C)c(O)c(O)c(/C=N/N=C3\C(=O)N(C)c4ccccc43)c2c(O)c1-c1c(C)cc2c(C(C)C)c(O)c(O)c(/C=N/N=C3/C(=O)N(C)c4ccccc43)c2c1O.Cn1c(O)c(N=N)c2ccccc21.NN.O. The number of aromatic hydroxyl groups is 7. The topological polar surface area (TPSA) is 394 Å². The van der Waals surface area contributed by atoms with Crippen LogP contribution in [-0.2, 0) is 21.4 Å². The van der Waals surface area contributed by atoms with Crippen LogP contribution >= 0.6 is 0 Å². The Morgan fingerprint density at radius 3 is 1.26 bits per heavy atom. The molecule has 0 atom stereocenters. The minimum Gasteiger partial charge on any atom is -0.507 e. The van der Waals surface area contributed by atoms with Gasteiger partial charge in [-0.05, 0) is 77.9 Å². The van der Waals surface area contributed by atoms with Crippen LogP contribution in [0.3, 0.4) is 0 Å². The molecule has 24 nitrogen and oxygen atoms in total. The molecule has 0 saturated heterocycles. The third kappa shape index (κ3) is 10.7. The van der Waals surface area contributed by atoms with Gasteiger partial charge in [-0.2, -0.15) is 15.3 Å². The van der Waals surface area contributed by atoms with Gasteiger partial charge in [0.1, 0.15) is 11.5 Å². The van der Waals surface area contributed by atoms with Gasteiger partial charge in [0, 0.05) is 77.7 Å². The maximum Gasteiger partial charge on any atom is 0.299 e. The van der Waals surface area contributed by atoms with Crippen molar-refractivity contribution in [3.8, 4) is 51.5 Å². The number of likely N-dealkylation sites (N-methyl/N-ethyl adjacent to an activating group) is 3. The minimum atomic E-state index is -0.582. The predicted octanol–water partition coefficient (Wildman–Crippen LogP) is 9.74. The lowest BCUT2D eigenvalue weighted by Crippen LogP contribution is -2.25. The van der Waals surface area contributed by atoms with Gasteiger partial charge in [-0.1, -0.05) is 107 Å². The van der Waals surface area contributed by atoms with Gasteiger partial charge in [0.05, 0.1) is 51.7 Å². The van der Waals surface area contributed by atoms with Crippen LogP contribution in [-0.4, -0.2) is 114 Å². The van der Waals surface area contributed by atoms with Crippen molar-refractivity contribution in [2.24, 2.45) is 44.3 Å². The summed E-state index contributed by atoms with van der Waals surface area (Å²) in [7, 11) is 6.59. The fraction of sp³-hybridized carbons (Fsp3) is 0.182. The molecule has 90 heavy (non-hydrogen) atoms. The molecule has 0 fully saturated rings. The Balaban J connectivity index is 0.000000304. The average Bonchev–Trinajstić information content (AvgIpc) is 1.64. The van der Waals surface area contributed by atoms with Crippen LogP contribution in [0.1, 0.15) is 94.4 Å². The number of benzene rings is 8. The number of para-hydroxylation sites is 4. The summed E-state index contributed by atoms with van der Waals surface area (Å²) in [6, 6.07) is 32.1. The number of fused-ring (bicyclic) bond motifs is 6. The number of hydrogen-bond acceptors (Lipinski definition) is 19. The van der Waals surface area contributed by atoms with Gasteiger partial charge >= 0.3 is 0 Å². The van der Waals surface area contributed by atoms with E-state index in [0.717, 1.165) is 23.3 Å². The molecule has 0 radical (unpaired) electrons. The summed E-state index contributed by atoms with van der Waals surface area (Å²) in [4.78, 5) is 52.9. The van der Waals surface area contributed by atoms with Gasteiger partial charge in [-0.15, -0.1) is 10.2 Å². The number of aryl methyl sites for hydroxylation is 3. The van der Waals surface area contributed by atoms with Crippen molar-refractivity contribution >= 4 is 103 Å². The monoisotopic (exact) mass is 1220 g/mol. The van der Waals surface area contributed by atoms with Gasteiger partial charge in [0.25, 0.3) is 23.5 Å². The molecule has 0 unspecified atom stereocenters. The van der Waals surface area contributed by atoms with Crippen LogP contribution < -0.4 is 26.4 Å². The molecular formula is C66H66N12O12. The zero-order chi connectivity index (χ0) is 64.8. The number of Topliss-reactive ketones (excluding diaryl/α,β-unsaturated/α-hetero) is 1. The highest BCUT2D eigenvalue weighted by Crippen LogP contribution is 2.54. The van der Waals surface area contributed by atoms with Gasteiger partial charge in [0.15, 0.2) is 40.1 Å². The largest absolute Gasteiger partial charge is 0.507 e. The van der Waals surface area contributed by atoms with E-state index in [-0.39, 0.29) is 91.0 Å². The number of hydrogen-bond donors (Lipinski definition) is 10. The number of amides is 3. The van der Waals surface area contributed by atoms with Gasteiger partial charge < -0.3 is 60.5 Å². The van der Waals surface area contributed by atoms with Crippen molar-refractivity contribution in [1.29, 1.82) is 5.53 Å². The summed E-state index contributed by atoms with van der Waals surface area (Å²) >= 11 is 0. The Morgan fingerprint density at radius 2 is 0.856 bits per heavy atom. The fourth-order valence-corrected chi connectivity index (χ4v) is 11.6. The molecule has 1 aromatic heterocycles. The lowest BCUT2D eigenvalue weighted by Gasteiger charge is -2.23. The molecule has 8 aromatic carbocycles.